The van der Waals surface area contributed by atoms with Gasteiger partial charge < -0.3 is 11.1 Å². The van der Waals surface area contributed by atoms with E-state index in [9.17, 15) is 4.79 Å². The Morgan fingerprint density at radius 2 is 1.06 bits per heavy atom. The van der Waals surface area contributed by atoms with E-state index in [-0.39, 0.29) is 5.43 Å². The Balaban J connectivity index is 1.59. The van der Waals surface area contributed by atoms with Crippen LogP contribution in [0.4, 0.5) is 11.4 Å². The van der Waals surface area contributed by atoms with Crippen LogP contribution in [0, 0.1) is 0 Å². The summed E-state index contributed by atoms with van der Waals surface area (Å²) in [7, 11) is 0. The van der Waals surface area contributed by atoms with Crippen LogP contribution in [0.1, 0.15) is 16.7 Å². The molecule has 0 spiro atoms. The first-order valence-electron chi connectivity index (χ1n) is 11.9. The number of nitrogen functional groups attached to an aromatic ring is 1. The van der Waals surface area contributed by atoms with Crippen LogP contribution in [-0.4, -0.2) is 0 Å². The van der Waals surface area contributed by atoms with Gasteiger partial charge in [-0.3, -0.25) is 4.79 Å². The number of fused-ring (bicyclic) bond motifs is 2. The lowest BCUT2D eigenvalue weighted by atomic mass is 9.77. The third kappa shape index (κ3) is 3.72. The molecule has 0 saturated carbocycles. The standard InChI is InChI=1S/C32H24N2OS/c33-25-16-18-27-29(20-25)36-30-21-26(17-19-28(30)31(27)35)34-32(22-10-4-1-5-11-22,23-12-6-2-7-13-23)24-14-8-3-9-15-24/h1-21,34H,33H2. The maximum absolute atomic E-state index is 13.2. The predicted molar refractivity (Wildman–Crippen MR) is 153 cm³/mol. The summed E-state index contributed by atoms with van der Waals surface area (Å²) in [5.41, 5.74) is 10.4. The van der Waals surface area contributed by atoms with Crippen LogP contribution in [-0.2, 0) is 5.54 Å². The molecule has 6 aromatic rings. The van der Waals surface area contributed by atoms with Gasteiger partial charge in [0.2, 0.25) is 0 Å². The Kier molecular flexibility index (Phi) is 5.51. The number of hydrogen-bond acceptors (Lipinski definition) is 4. The van der Waals surface area contributed by atoms with E-state index in [1.54, 1.807) is 17.4 Å². The van der Waals surface area contributed by atoms with Gasteiger partial charge in [0.15, 0.2) is 5.43 Å². The molecule has 6 rings (SSSR count). The molecule has 5 aromatic carbocycles. The minimum Gasteiger partial charge on any atom is -0.399 e. The number of hydrogen-bond donors (Lipinski definition) is 2. The molecular weight excluding hydrogens is 460 g/mol. The van der Waals surface area contributed by atoms with Crippen molar-refractivity contribution in [3.8, 4) is 0 Å². The summed E-state index contributed by atoms with van der Waals surface area (Å²) in [4.78, 5) is 13.2. The second-order valence-corrected chi connectivity index (χ2v) is 9.95. The van der Waals surface area contributed by atoms with Gasteiger partial charge in [-0.25, -0.2) is 0 Å². The van der Waals surface area contributed by atoms with Gasteiger partial charge in [-0.1, -0.05) is 91.0 Å². The molecule has 174 valence electrons. The van der Waals surface area contributed by atoms with Crippen molar-refractivity contribution < 1.29 is 0 Å². The molecule has 3 nitrogen and oxygen atoms in total. The summed E-state index contributed by atoms with van der Waals surface area (Å²) in [5.74, 6) is 0. The van der Waals surface area contributed by atoms with Gasteiger partial charge in [-0.15, -0.1) is 11.3 Å². The van der Waals surface area contributed by atoms with Crippen LogP contribution in [0.15, 0.2) is 132 Å². The second kappa shape index (κ2) is 8.99. The zero-order valence-corrected chi connectivity index (χ0v) is 20.3. The third-order valence-electron chi connectivity index (χ3n) is 6.65. The lowest BCUT2D eigenvalue weighted by Gasteiger charge is -2.38. The van der Waals surface area contributed by atoms with Crippen molar-refractivity contribution in [2.45, 2.75) is 5.54 Å². The number of nitrogens with one attached hydrogen (secondary N) is 1. The van der Waals surface area contributed by atoms with Crippen LogP contribution in [0.5, 0.6) is 0 Å². The maximum atomic E-state index is 13.2. The molecule has 0 unspecified atom stereocenters. The first-order valence-corrected chi connectivity index (χ1v) is 12.7. The molecule has 1 aromatic heterocycles. The lowest BCUT2D eigenvalue weighted by molar-refractivity contribution is 0.712. The average molecular weight is 485 g/mol. The Morgan fingerprint density at radius 1 is 0.583 bits per heavy atom. The number of rotatable bonds is 5. The van der Waals surface area contributed by atoms with E-state index in [1.807, 2.05) is 42.5 Å². The van der Waals surface area contributed by atoms with Crippen molar-refractivity contribution in [3.63, 3.8) is 0 Å². The molecule has 0 bridgehead atoms. The van der Waals surface area contributed by atoms with Gasteiger partial charge in [0.05, 0.1) is 0 Å². The summed E-state index contributed by atoms with van der Waals surface area (Å²) >= 11 is 1.59. The summed E-state index contributed by atoms with van der Waals surface area (Å²) < 4.78 is 1.82. The highest BCUT2D eigenvalue weighted by Crippen LogP contribution is 2.40. The molecule has 0 saturated heterocycles. The number of anilines is 2. The van der Waals surface area contributed by atoms with Crippen LogP contribution >= 0.6 is 11.3 Å². The third-order valence-corrected chi connectivity index (χ3v) is 7.76. The van der Waals surface area contributed by atoms with E-state index < -0.39 is 5.54 Å². The highest BCUT2D eigenvalue weighted by atomic mass is 32.1. The Labute approximate surface area is 213 Å². The average Bonchev–Trinajstić information content (AvgIpc) is 2.93. The van der Waals surface area contributed by atoms with Crippen LogP contribution in [0.3, 0.4) is 0 Å². The van der Waals surface area contributed by atoms with Crippen LogP contribution in [0.2, 0.25) is 0 Å². The van der Waals surface area contributed by atoms with Crippen molar-refractivity contribution >= 4 is 42.9 Å². The van der Waals surface area contributed by atoms with Gasteiger partial charge in [0.1, 0.15) is 5.54 Å². The predicted octanol–water partition coefficient (Wildman–Crippen LogP) is 7.40. The first kappa shape index (κ1) is 22.1. The van der Waals surface area contributed by atoms with Gasteiger partial charge in [0.25, 0.3) is 0 Å². The van der Waals surface area contributed by atoms with E-state index in [0.717, 1.165) is 31.8 Å². The van der Waals surface area contributed by atoms with Crippen molar-refractivity contribution in [2.24, 2.45) is 0 Å². The molecule has 0 aliphatic rings. The second-order valence-electron chi connectivity index (χ2n) is 8.87. The molecule has 0 aliphatic carbocycles. The Bertz CT molecular complexity index is 1630. The fourth-order valence-corrected chi connectivity index (χ4v) is 6.10. The summed E-state index contributed by atoms with van der Waals surface area (Å²) in [6.07, 6.45) is 0. The molecule has 4 heteroatoms. The summed E-state index contributed by atoms with van der Waals surface area (Å²) in [6, 6.07) is 43.0. The summed E-state index contributed by atoms with van der Waals surface area (Å²) in [6.45, 7) is 0. The van der Waals surface area contributed by atoms with Crippen LogP contribution in [0.25, 0.3) is 20.2 Å². The largest absolute Gasteiger partial charge is 0.399 e. The summed E-state index contributed by atoms with van der Waals surface area (Å²) in [5, 5.41) is 5.31. The molecule has 0 amide bonds. The number of nitrogens with two attached hydrogens (primary N) is 1. The van der Waals surface area contributed by atoms with Gasteiger partial charge >= 0.3 is 0 Å². The highest BCUT2D eigenvalue weighted by Gasteiger charge is 2.36. The SMILES string of the molecule is Nc1ccc2c(=O)c3ccc(NC(c4ccccc4)(c4ccccc4)c4ccccc4)cc3sc2c1. The molecule has 3 N–H and O–H groups in total. The van der Waals surface area contributed by atoms with Gasteiger partial charge in [0, 0.05) is 31.5 Å². The molecule has 0 atom stereocenters. The maximum Gasteiger partial charge on any atom is 0.195 e. The fraction of sp³-hybridized carbons (Fsp3) is 0.0312. The van der Waals surface area contributed by atoms with E-state index in [2.05, 4.69) is 84.2 Å². The van der Waals surface area contributed by atoms with E-state index in [1.165, 1.54) is 0 Å². The quantitative estimate of drug-likeness (QED) is 0.152. The topological polar surface area (TPSA) is 55.1 Å². The minimum atomic E-state index is -0.635. The van der Waals surface area contributed by atoms with E-state index >= 15 is 0 Å². The van der Waals surface area contributed by atoms with Crippen molar-refractivity contribution in [1.29, 1.82) is 0 Å². The molecule has 36 heavy (non-hydrogen) atoms. The van der Waals surface area contributed by atoms with Crippen molar-refractivity contribution in [2.75, 3.05) is 11.1 Å². The molecule has 1 heterocycles. The molecule has 0 aliphatic heterocycles. The molecule has 0 radical (unpaired) electrons. The normalized spacial score (nSPS) is 11.6. The first-order chi connectivity index (χ1) is 17.6. The van der Waals surface area contributed by atoms with Gasteiger partial charge in [-0.2, -0.15) is 0 Å². The van der Waals surface area contributed by atoms with Gasteiger partial charge in [-0.05, 0) is 53.1 Å². The highest BCUT2D eigenvalue weighted by molar-refractivity contribution is 7.24. The number of benzene rings is 5. The molecular formula is C32H24N2OS. The monoisotopic (exact) mass is 484 g/mol. The zero-order chi connectivity index (χ0) is 24.5. The fourth-order valence-electron chi connectivity index (χ4n) is 4.94. The van der Waals surface area contributed by atoms with Crippen LogP contribution < -0.4 is 16.5 Å². The van der Waals surface area contributed by atoms with E-state index in [4.69, 9.17) is 5.73 Å². The molecule has 0 fully saturated rings. The van der Waals surface area contributed by atoms with Crippen molar-refractivity contribution in [3.05, 3.63) is 154 Å². The Morgan fingerprint density at radius 3 is 1.58 bits per heavy atom. The van der Waals surface area contributed by atoms with E-state index in [0.29, 0.717) is 16.5 Å². The Hall–Kier alpha value is -4.41. The lowest BCUT2D eigenvalue weighted by Crippen LogP contribution is -2.38. The van der Waals surface area contributed by atoms with Crippen molar-refractivity contribution in [1.82, 2.24) is 0 Å². The zero-order valence-electron chi connectivity index (χ0n) is 19.5. The minimum absolute atomic E-state index is 0.0331. The smallest absolute Gasteiger partial charge is 0.195 e.